The zero-order valence-corrected chi connectivity index (χ0v) is 16.3. The number of aryl methyl sites for hydroxylation is 1. The standard InChI is InChI=1S/C20H16Cl2N2O3/c1-12-16(13(2)24-20(26)17(12)11-23)7-8-19(25)27-9-3-4-14-5-6-15(21)10-18(14)22/h5-6,10H,7-9H2,1-2H3,(H,24,26). The van der Waals surface area contributed by atoms with Gasteiger partial charge in [0.15, 0.2) is 6.61 Å². The lowest BCUT2D eigenvalue weighted by atomic mass is 9.99. The number of rotatable bonds is 4. The molecule has 0 saturated heterocycles. The van der Waals surface area contributed by atoms with Crippen LogP contribution in [0.2, 0.25) is 10.0 Å². The van der Waals surface area contributed by atoms with Gasteiger partial charge in [-0.2, -0.15) is 5.26 Å². The zero-order chi connectivity index (χ0) is 20.0. The molecule has 1 N–H and O–H groups in total. The van der Waals surface area contributed by atoms with Gasteiger partial charge in [0.1, 0.15) is 11.6 Å². The van der Waals surface area contributed by atoms with Crippen molar-refractivity contribution in [2.24, 2.45) is 0 Å². The van der Waals surface area contributed by atoms with Gasteiger partial charge in [0, 0.05) is 22.7 Å². The number of benzene rings is 1. The molecule has 0 spiro atoms. The number of nitrogens with zero attached hydrogens (tertiary/aromatic N) is 1. The Kier molecular flexibility index (Phi) is 7.07. The molecule has 0 bridgehead atoms. The van der Waals surface area contributed by atoms with Gasteiger partial charge in [-0.25, -0.2) is 0 Å². The molecule has 0 saturated carbocycles. The van der Waals surface area contributed by atoms with Gasteiger partial charge in [0.25, 0.3) is 5.56 Å². The summed E-state index contributed by atoms with van der Waals surface area (Å²) in [5, 5.41) is 10.0. The van der Waals surface area contributed by atoms with Gasteiger partial charge in [-0.1, -0.05) is 35.0 Å². The fraction of sp³-hybridized carbons (Fsp3) is 0.250. The highest BCUT2D eigenvalue weighted by Crippen LogP contribution is 2.20. The number of nitrogens with one attached hydrogen (secondary N) is 1. The van der Waals surface area contributed by atoms with Gasteiger partial charge in [-0.3, -0.25) is 9.59 Å². The molecule has 27 heavy (non-hydrogen) atoms. The number of aromatic nitrogens is 1. The lowest BCUT2D eigenvalue weighted by Crippen LogP contribution is -2.17. The highest BCUT2D eigenvalue weighted by molar-refractivity contribution is 6.35. The summed E-state index contributed by atoms with van der Waals surface area (Å²) >= 11 is 11.8. The summed E-state index contributed by atoms with van der Waals surface area (Å²) in [6, 6.07) is 6.84. The van der Waals surface area contributed by atoms with Gasteiger partial charge in [-0.15, -0.1) is 0 Å². The quantitative estimate of drug-likeness (QED) is 0.624. The Morgan fingerprint density at radius 2 is 2.04 bits per heavy atom. The van der Waals surface area contributed by atoms with Crippen molar-refractivity contribution in [3.8, 4) is 17.9 Å². The van der Waals surface area contributed by atoms with Crippen LogP contribution in [0, 0.1) is 37.0 Å². The summed E-state index contributed by atoms with van der Waals surface area (Å²) in [6.45, 7) is 3.37. The lowest BCUT2D eigenvalue weighted by molar-refractivity contribution is -0.142. The van der Waals surface area contributed by atoms with Crippen LogP contribution in [-0.2, 0) is 16.0 Å². The number of ether oxygens (including phenoxy) is 1. The van der Waals surface area contributed by atoms with Crippen LogP contribution in [0.25, 0.3) is 0 Å². The van der Waals surface area contributed by atoms with Crippen LogP contribution >= 0.6 is 23.2 Å². The normalized spacial score (nSPS) is 9.89. The van der Waals surface area contributed by atoms with Crippen molar-refractivity contribution in [1.82, 2.24) is 4.98 Å². The van der Waals surface area contributed by atoms with E-state index in [1.165, 1.54) is 0 Å². The van der Waals surface area contributed by atoms with Crippen molar-refractivity contribution in [3.63, 3.8) is 0 Å². The fourth-order valence-electron chi connectivity index (χ4n) is 2.56. The predicted octanol–water partition coefficient (Wildman–Crippen LogP) is 3.70. The molecule has 0 amide bonds. The van der Waals surface area contributed by atoms with Crippen LogP contribution in [0.3, 0.4) is 0 Å². The second-order valence-electron chi connectivity index (χ2n) is 5.76. The molecule has 0 atom stereocenters. The first-order valence-corrected chi connectivity index (χ1v) is 8.81. The molecule has 0 radical (unpaired) electrons. The Morgan fingerprint density at radius 1 is 1.30 bits per heavy atom. The first-order valence-electron chi connectivity index (χ1n) is 8.05. The number of hydrogen-bond donors (Lipinski definition) is 1. The van der Waals surface area contributed by atoms with Crippen LogP contribution in [0.4, 0.5) is 0 Å². The molecule has 1 aromatic carbocycles. The van der Waals surface area contributed by atoms with Crippen molar-refractivity contribution in [2.45, 2.75) is 26.7 Å². The first kappa shape index (κ1) is 20.6. The van der Waals surface area contributed by atoms with Crippen molar-refractivity contribution in [3.05, 3.63) is 66.5 Å². The van der Waals surface area contributed by atoms with E-state index in [9.17, 15) is 9.59 Å². The van der Waals surface area contributed by atoms with E-state index >= 15 is 0 Å². The third kappa shape index (κ3) is 5.37. The second kappa shape index (κ2) is 9.28. The molecule has 0 unspecified atom stereocenters. The number of H-pyrrole nitrogens is 1. The van der Waals surface area contributed by atoms with Gasteiger partial charge in [0.05, 0.1) is 5.02 Å². The van der Waals surface area contributed by atoms with Gasteiger partial charge in [-0.05, 0) is 49.6 Å². The largest absolute Gasteiger partial charge is 0.452 e. The zero-order valence-electron chi connectivity index (χ0n) is 14.8. The minimum atomic E-state index is -0.421. The molecule has 2 rings (SSSR count). The second-order valence-corrected chi connectivity index (χ2v) is 6.60. The van der Waals surface area contributed by atoms with E-state index < -0.39 is 11.5 Å². The van der Waals surface area contributed by atoms with E-state index in [1.807, 2.05) is 6.07 Å². The van der Waals surface area contributed by atoms with Crippen molar-refractivity contribution in [1.29, 1.82) is 5.26 Å². The number of pyridine rings is 1. The third-order valence-electron chi connectivity index (χ3n) is 3.96. The van der Waals surface area contributed by atoms with Gasteiger partial charge < -0.3 is 9.72 Å². The van der Waals surface area contributed by atoms with E-state index in [2.05, 4.69) is 16.8 Å². The van der Waals surface area contributed by atoms with Crippen LogP contribution in [0.15, 0.2) is 23.0 Å². The number of esters is 1. The molecule has 0 fully saturated rings. The maximum absolute atomic E-state index is 11.9. The molecule has 0 aliphatic heterocycles. The Labute approximate surface area is 166 Å². The molecule has 0 aliphatic rings. The van der Waals surface area contributed by atoms with Gasteiger partial charge >= 0.3 is 5.97 Å². The number of carbonyl (C=O) groups excluding carboxylic acids is 1. The summed E-state index contributed by atoms with van der Waals surface area (Å²) in [7, 11) is 0. The Bertz CT molecular complexity index is 1040. The van der Waals surface area contributed by atoms with E-state index in [-0.39, 0.29) is 18.6 Å². The fourth-order valence-corrected chi connectivity index (χ4v) is 3.01. The maximum Gasteiger partial charge on any atom is 0.307 e. The number of aromatic amines is 1. The van der Waals surface area contributed by atoms with E-state index in [0.717, 1.165) is 5.56 Å². The topological polar surface area (TPSA) is 83.0 Å². The van der Waals surface area contributed by atoms with E-state index in [1.54, 1.807) is 32.0 Å². The molecule has 138 valence electrons. The van der Waals surface area contributed by atoms with Crippen molar-refractivity contribution in [2.75, 3.05) is 6.61 Å². The smallest absolute Gasteiger partial charge is 0.307 e. The highest BCUT2D eigenvalue weighted by Gasteiger charge is 2.13. The number of nitriles is 1. The van der Waals surface area contributed by atoms with Crippen molar-refractivity contribution < 1.29 is 9.53 Å². The number of halogens is 2. The third-order valence-corrected chi connectivity index (χ3v) is 4.51. The Hall–Kier alpha value is -2.73. The number of hydrogen-bond acceptors (Lipinski definition) is 4. The number of carbonyl (C=O) groups is 1. The van der Waals surface area contributed by atoms with Crippen LogP contribution in [0.1, 0.15) is 34.4 Å². The van der Waals surface area contributed by atoms with Gasteiger partial charge in [0.2, 0.25) is 0 Å². The predicted molar refractivity (Wildman–Crippen MR) is 104 cm³/mol. The SMILES string of the molecule is Cc1[nH]c(=O)c(C#N)c(C)c1CCC(=O)OCC#Cc1ccc(Cl)cc1Cl. The summed E-state index contributed by atoms with van der Waals surface area (Å²) in [6.07, 6.45) is 0.473. The van der Waals surface area contributed by atoms with E-state index in [0.29, 0.717) is 33.3 Å². The maximum atomic E-state index is 11.9. The molecule has 5 nitrogen and oxygen atoms in total. The minimum Gasteiger partial charge on any atom is -0.452 e. The monoisotopic (exact) mass is 402 g/mol. The van der Waals surface area contributed by atoms with Crippen molar-refractivity contribution >= 4 is 29.2 Å². The molecule has 0 aliphatic carbocycles. The average Bonchev–Trinajstić information content (AvgIpc) is 2.60. The summed E-state index contributed by atoms with van der Waals surface area (Å²) < 4.78 is 5.09. The molecule has 7 heteroatoms. The van der Waals surface area contributed by atoms with Crippen LogP contribution < -0.4 is 5.56 Å². The molecular weight excluding hydrogens is 387 g/mol. The van der Waals surface area contributed by atoms with Crippen LogP contribution in [-0.4, -0.2) is 17.6 Å². The first-order chi connectivity index (χ1) is 12.8. The molecule has 1 heterocycles. The molecule has 2 aromatic rings. The Balaban J connectivity index is 1.94. The Morgan fingerprint density at radius 3 is 2.70 bits per heavy atom. The molecule has 1 aromatic heterocycles. The van der Waals surface area contributed by atoms with Crippen LogP contribution in [0.5, 0.6) is 0 Å². The molecular formula is C20H16Cl2N2O3. The minimum absolute atomic E-state index is 0.0645. The summed E-state index contributed by atoms with van der Waals surface area (Å²) in [5.74, 6) is 5.12. The lowest BCUT2D eigenvalue weighted by Gasteiger charge is -2.10. The highest BCUT2D eigenvalue weighted by atomic mass is 35.5. The average molecular weight is 403 g/mol. The van der Waals surface area contributed by atoms with E-state index in [4.69, 9.17) is 33.2 Å². The summed E-state index contributed by atoms with van der Waals surface area (Å²) in [4.78, 5) is 26.3. The summed E-state index contributed by atoms with van der Waals surface area (Å²) in [5.41, 5.74) is 2.23.